The average Bonchev–Trinajstić information content (AvgIpc) is 2.30. The molecule has 0 aliphatic carbocycles. The molecule has 0 aliphatic heterocycles. The van der Waals surface area contributed by atoms with Crippen molar-refractivity contribution in [1.82, 2.24) is 4.90 Å². The van der Waals surface area contributed by atoms with Gasteiger partial charge in [0.05, 0.1) is 0 Å². The lowest BCUT2D eigenvalue weighted by Crippen LogP contribution is -2.38. The van der Waals surface area contributed by atoms with Gasteiger partial charge in [-0.1, -0.05) is 0 Å². The van der Waals surface area contributed by atoms with Gasteiger partial charge in [-0.3, -0.25) is 15.4 Å². The van der Waals surface area contributed by atoms with E-state index in [0.717, 1.165) is 19.3 Å². The minimum atomic E-state index is 0.0477. The van der Waals surface area contributed by atoms with Crippen LogP contribution in [0.2, 0.25) is 0 Å². The third-order valence-corrected chi connectivity index (χ3v) is 2.35. The minimum Gasteiger partial charge on any atom is -0.370 e. The van der Waals surface area contributed by atoms with Crippen LogP contribution < -0.4 is 28.7 Å². The maximum atomic E-state index is 7.47. The number of rotatable bonds is 9. The second-order valence-electron chi connectivity index (χ2n) is 4.05. The Kier molecular flexibility index (Phi) is 8.67. The van der Waals surface area contributed by atoms with Crippen LogP contribution >= 0.6 is 0 Å². The van der Waals surface area contributed by atoms with Crippen LogP contribution in [0.3, 0.4) is 0 Å². The summed E-state index contributed by atoms with van der Waals surface area (Å²) in [5.74, 6) is 0.221. The van der Waals surface area contributed by atoms with Crippen molar-refractivity contribution in [3.63, 3.8) is 0 Å². The van der Waals surface area contributed by atoms with E-state index in [1.807, 2.05) is 0 Å². The van der Waals surface area contributed by atoms with Crippen molar-refractivity contribution in [1.29, 1.82) is 5.41 Å². The molecule has 0 atom stereocenters. The fraction of sp³-hybridized carbons (Fsp3) is 0.700. The molecule has 0 aromatic heterocycles. The van der Waals surface area contributed by atoms with Gasteiger partial charge in [-0.2, -0.15) is 0 Å². The topological polar surface area (TPSA) is 182 Å². The van der Waals surface area contributed by atoms with Gasteiger partial charge >= 0.3 is 0 Å². The second-order valence-corrected chi connectivity index (χ2v) is 4.05. The van der Waals surface area contributed by atoms with Crippen LogP contribution in [0.15, 0.2) is 9.98 Å². The highest BCUT2D eigenvalue weighted by atomic mass is 15.2. The van der Waals surface area contributed by atoms with Crippen molar-refractivity contribution in [2.45, 2.75) is 19.3 Å². The van der Waals surface area contributed by atoms with Crippen LogP contribution in [0.25, 0.3) is 0 Å². The predicted molar refractivity (Wildman–Crippen MR) is 78.7 cm³/mol. The van der Waals surface area contributed by atoms with E-state index in [-0.39, 0.29) is 17.9 Å². The summed E-state index contributed by atoms with van der Waals surface area (Å²) in [7, 11) is 0. The van der Waals surface area contributed by atoms with Gasteiger partial charge in [-0.25, -0.2) is 0 Å². The van der Waals surface area contributed by atoms with Crippen molar-refractivity contribution < 1.29 is 0 Å². The molecule has 9 nitrogen and oxygen atoms in total. The van der Waals surface area contributed by atoms with Gasteiger partial charge in [0.15, 0.2) is 17.9 Å². The molecule has 0 amide bonds. The first-order valence-corrected chi connectivity index (χ1v) is 6.13. The molecule has 9 heteroatoms. The van der Waals surface area contributed by atoms with E-state index in [4.69, 9.17) is 34.1 Å². The van der Waals surface area contributed by atoms with Crippen molar-refractivity contribution in [3.05, 3.63) is 0 Å². The minimum absolute atomic E-state index is 0.0477. The molecule has 0 heterocycles. The largest absolute Gasteiger partial charge is 0.370 e. The molecule has 11 N–H and O–H groups in total. The van der Waals surface area contributed by atoms with Crippen LogP contribution in [-0.4, -0.2) is 49.0 Å². The first-order chi connectivity index (χ1) is 8.93. The van der Waals surface area contributed by atoms with E-state index in [9.17, 15) is 0 Å². The first kappa shape index (κ1) is 16.8. The van der Waals surface area contributed by atoms with Gasteiger partial charge in [0.2, 0.25) is 0 Å². The molecule has 0 bridgehead atoms. The highest BCUT2D eigenvalue weighted by molar-refractivity contribution is 5.76. The number of guanidine groups is 3. The van der Waals surface area contributed by atoms with Crippen molar-refractivity contribution in [2.75, 3.05) is 26.2 Å². The fourth-order valence-electron chi connectivity index (χ4n) is 1.45. The summed E-state index contributed by atoms with van der Waals surface area (Å²) >= 11 is 0. The first-order valence-electron chi connectivity index (χ1n) is 6.13. The Balaban J connectivity index is 3.84. The maximum absolute atomic E-state index is 7.47. The quantitative estimate of drug-likeness (QED) is 0.158. The number of nitrogens with two attached hydrogens (primary N) is 5. The summed E-state index contributed by atoms with van der Waals surface area (Å²) in [6.07, 6.45) is 2.44. The summed E-state index contributed by atoms with van der Waals surface area (Å²) in [6, 6.07) is 0. The number of aliphatic imine (C=N–C) groups is 2. The molecular formula is C10H25N9. The van der Waals surface area contributed by atoms with E-state index in [1.54, 1.807) is 4.90 Å². The Morgan fingerprint density at radius 2 is 1.26 bits per heavy atom. The molecule has 110 valence electrons. The molecule has 0 radical (unpaired) electrons. The molecular weight excluding hydrogens is 246 g/mol. The van der Waals surface area contributed by atoms with E-state index in [1.165, 1.54) is 0 Å². The number of hydrogen-bond acceptors (Lipinski definition) is 3. The summed E-state index contributed by atoms with van der Waals surface area (Å²) in [6.45, 7) is 2.45. The summed E-state index contributed by atoms with van der Waals surface area (Å²) < 4.78 is 0. The lowest BCUT2D eigenvalue weighted by molar-refractivity contribution is 0.394. The third kappa shape index (κ3) is 10.7. The maximum Gasteiger partial charge on any atom is 0.188 e. The van der Waals surface area contributed by atoms with Crippen LogP contribution in [0, 0.1) is 5.41 Å². The summed E-state index contributed by atoms with van der Waals surface area (Å²) in [5, 5.41) is 7.47. The predicted octanol–water partition coefficient (Wildman–Crippen LogP) is -2.10. The Hall–Kier alpha value is -2.19. The molecule has 0 aromatic rings. The third-order valence-electron chi connectivity index (χ3n) is 2.35. The molecule has 19 heavy (non-hydrogen) atoms. The van der Waals surface area contributed by atoms with E-state index in [0.29, 0.717) is 26.2 Å². The number of hydrogen-bond donors (Lipinski definition) is 6. The second kappa shape index (κ2) is 9.80. The molecule has 0 spiro atoms. The Morgan fingerprint density at radius 3 is 1.74 bits per heavy atom. The molecule has 0 saturated carbocycles. The summed E-state index contributed by atoms with van der Waals surface area (Å²) in [4.78, 5) is 9.53. The van der Waals surface area contributed by atoms with E-state index < -0.39 is 0 Å². The Bertz CT molecular complexity index is 315. The monoisotopic (exact) mass is 271 g/mol. The van der Waals surface area contributed by atoms with Crippen LogP contribution in [0.4, 0.5) is 0 Å². The average molecular weight is 271 g/mol. The lowest BCUT2D eigenvalue weighted by Gasteiger charge is -2.22. The molecule has 0 fully saturated rings. The van der Waals surface area contributed by atoms with Crippen LogP contribution in [0.5, 0.6) is 0 Å². The van der Waals surface area contributed by atoms with Crippen molar-refractivity contribution in [3.8, 4) is 0 Å². The lowest BCUT2D eigenvalue weighted by atomic mass is 10.3. The molecule has 0 aliphatic rings. The Morgan fingerprint density at radius 1 is 0.789 bits per heavy atom. The zero-order valence-corrected chi connectivity index (χ0v) is 11.2. The van der Waals surface area contributed by atoms with E-state index in [2.05, 4.69) is 9.98 Å². The van der Waals surface area contributed by atoms with Gasteiger partial charge in [-0.05, 0) is 19.3 Å². The molecule has 0 saturated heterocycles. The SMILES string of the molecule is N=C(N)N(CCCCN=C(N)N)CCCN=C(N)N. The highest BCUT2D eigenvalue weighted by Gasteiger charge is 2.05. The van der Waals surface area contributed by atoms with Gasteiger partial charge in [0.1, 0.15) is 0 Å². The molecule has 0 aromatic carbocycles. The molecule has 0 unspecified atom stereocenters. The zero-order chi connectivity index (χ0) is 14.7. The summed E-state index contributed by atoms with van der Waals surface area (Å²) in [5.41, 5.74) is 26.4. The number of nitrogens with zero attached hydrogens (tertiary/aromatic N) is 3. The van der Waals surface area contributed by atoms with Crippen molar-refractivity contribution in [2.24, 2.45) is 38.7 Å². The van der Waals surface area contributed by atoms with Gasteiger partial charge in [0.25, 0.3) is 0 Å². The Labute approximate surface area is 113 Å². The zero-order valence-electron chi connectivity index (χ0n) is 11.2. The van der Waals surface area contributed by atoms with Crippen molar-refractivity contribution >= 4 is 17.9 Å². The van der Waals surface area contributed by atoms with E-state index >= 15 is 0 Å². The van der Waals surface area contributed by atoms with Gasteiger partial charge < -0.3 is 33.6 Å². The van der Waals surface area contributed by atoms with Gasteiger partial charge in [-0.15, -0.1) is 0 Å². The van der Waals surface area contributed by atoms with Gasteiger partial charge in [0, 0.05) is 26.2 Å². The molecule has 0 rings (SSSR count). The fourth-order valence-corrected chi connectivity index (χ4v) is 1.45. The number of unbranched alkanes of at least 4 members (excludes halogenated alkanes) is 1. The van der Waals surface area contributed by atoms with Crippen LogP contribution in [-0.2, 0) is 0 Å². The van der Waals surface area contributed by atoms with Crippen LogP contribution in [0.1, 0.15) is 19.3 Å². The standard InChI is InChI=1S/C10H25N9/c11-8(12)17-4-1-2-6-19(10(15)16)7-3-5-18-9(13)14/h1-7H2,(H3,15,16)(H4,11,12,17)(H4,13,14,18). The highest BCUT2D eigenvalue weighted by Crippen LogP contribution is 1.97. The smallest absolute Gasteiger partial charge is 0.188 e. The number of nitrogens with one attached hydrogen (secondary N) is 1. The normalized spacial score (nSPS) is 9.68.